The van der Waals surface area contributed by atoms with Gasteiger partial charge in [-0.25, -0.2) is 9.97 Å². The lowest BCUT2D eigenvalue weighted by Gasteiger charge is -2.18. The van der Waals surface area contributed by atoms with Gasteiger partial charge >= 0.3 is 0 Å². The van der Waals surface area contributed by atoms with Crippen LogP contribution >= 0.6 is 0 Å². The van der Waals surface area contributed by atoms with E-state index >= 15 is 0 Å². The maximum atomic E-state index is 13.4. The van der Waals surface area contributed by atoms with Gasteiger partial charge in [-0.05, 0) is 68.4 Å². The number of fused-ring (bicyclic) bond motifs is 10. The molecule has 0 spiro atoms. The van der Waals surface area contributed by atoms with E-state index in [1.807, 2.05) is 67.0 Å². The summed E-state index contributed by atoms with van der Waals surface area (Å²) in [6.07, 6.45) is 8.88. The van der Waals surface area contributed by atoms with Crippen LogP contribution in [0, 0.1) is 0 Å². The molecule has 4 aromatic heterocycles. The molecule has 6 aromatic rings. The average Bonchev–Trinajstić information content (AvgIpc) is 3.61. The molecule has 8 rings (SSSR count). The zero-order valence-corrected chi connectivity index (χ0v) is 26.8. The van der Waals surface area contributed by atoms with E-state index in [4.69, 9.17) is 14.8 Å². The monoisotopic (exact) mass is 634 g/mol. The van der Waals surface area contributed by atoms with Crippen LogP contribution in [0.3, 0.4) is 0 Å². The highest BCUT2D eigenvalue weighted by Crippen LogP contribution is 2.45. The number of benzene rings is 2. The molecule has 2 N–H and O–H groups in total. The van der Waals surface area contributed by atoms with E-state index in [1.165, 1.54) is 0 Å². The molecule has 2 aliphatic carbocycles. The lowest BCUT2D eigenvalue weighted by Crippen LogP contribution is -2.24. The number of para-hydroxylation sites is 2. The number of hydrogen-bond acceptors (Lipinski definition) is 10. The normalized spacial score (nSPS) is 13.6. The number of pyridine rings is 4. The van der Waals surface area contributed by atoms with E-state index in [9.17, 15) is 4.79 Å². The number of hydrogen-bond donors (Lipinski definition) is 2. The van der Waals surface area contributed by atoms with Crippen LogP contribution in [-0.2, 0) is 4.84 Å². The van der Waals surface area contributed by atoms with Crippen molar-refractivity contribution < 1.29 is 9.63 Å². The van der Waals surface area contributed by atoms with Crippen LogP contribution < -0.4 is 10.6 Å². The summed E-state index contributed by atoms with van der Waals surface area (Å²) >= 11 is 0. The number of nitrogens with zero attached hydrogens (tertiary/aromatic N) is 6. The molecule has 48 heavy (non-hydrogen) atoms. The zero-order chi connectivity index (χ0) is 32.6. The van der Waals surface area contributed by atoms with E-state index in [2.05, 4.69) is 43.8 Å². The van der Waals surface area contributed by atoms with Crippen molar-refractivity contribution in [3.63, 3.8) is 0 Å². The molecule has 0 amide bonds. The quantitative estimate of drug-likeness (QED) is 0.123. The molecule has 0 fully saturated rings. The van der Waals surface area contributed by atoms with Gasteiger partial charge in [0.25, 0.3) is 0 Å². The molecule has 0 radical (unpaired) electrons. The molecule has 10 heteroatoms. The number of carbonyl (C=O) groups excluding carboxylic acids is 1. The maximum absolute atomic E-state index is 13.4. The van der Waals surface area contributed by atoms with Gasteiger partial charge in [-0.3, -0.25) is 14.8 Å². The number of carbonyl (C=O) groups is 1. The summed E-state index contributed by atoms with van der Waals surface area (Å²) in [5.74, 6) is 1.41. The Hall–Kier alpha value is -5.74. The number of aromatic nitrogens is 4. The van der Waals surface area contributed by atoms with Gasteiger partial charge in [-0.1, -0.05) is 41.6 Å². The third kappa shape index (κ3) is 5.01. The van der Waals surface area contributed by atoms with E-state index < -0.39 is 0 Å². The van der Waals surface area contributed by atoms with Crippen molar-refractivity contribution in [2.75, 3.05) is 51.0 Å². The van der Waals surface area contributed by atoms with Gasteiger partial charge < -0.3 is 20.4 Å². The second-order valence-electron chi connectivity index (χ2n) is 12.1. The molecular weight excluding hydrogens is 600 g/mol. The molecule has 0 saturated carbocycles. The van der Waals surface area contributed by atoms with Crippen LogP contribution in [-0.4, -0.2) is 76.7 Å². The Morgan fingerprint density at radius 1 is 0.688 bits per heavy atom. The molecule has 10 nitrogen and oxygen atoms in total. The average molecular weight is 635 g/mol. The topological polar surface area (TPSA) is 118 Å². The van der Waals surface area contributed by atoms with E-state index in [0.717, 1.165) is 99.2 Å². The van der Waals surface area contributed by atoms with Crippen LogP contribution in [0.15, 0.2) is 90.6 Å². The maximum Gasteiger partial charge on any atom is 0.199 e. The zero-order valence-electron chi connectivity index (χ0n) is 26.8. The van der Waals surface area contributed by atoms with Crippen molar-refractivity contribution in [1.82, 2.24) is 24.8 Å². The molecule has 0 atom stereocenters. The number of ketones is 1. The van der Waals surface area contributed by atoms with Gasteiger partial charge in [0.15, 0.2) is 5.78 Å². The SMILES string of the molecule is CO/N=C1\c2cnccc2-c2c1c(NCCCN(C)CCCNc1nc3ccccc3c3c1C(=O)c1cnccc1-3)nc1ccccc21. The van der Waals surface area contributed by atoms with Crippen LogP contribution in [0.4, 0.5) is 11.6 Å². The molecule has 0 aliphatic heterocycles. The van der Waals surface area contributed by atoms with Crippen LogP contribution in [0.2, 0.25) is 0 Å². The largest absolute Gasteiger partial charge is 0.399 e. The molecule has 2 aromatic carbocycles. The summed E-state index contributed by atoms with van der Waals surface area (Å²) in [5.41, 5.74) is 9.77. The minimum absolute atomic E-state index is 0.0221. The first-order valence-corrected chi connectivity index (χ1v) is 16.2. The van der Waals surface area contributed by atoms with E-state index in [-0.39, 0.29) is 5.78 Å². The summed E-state index contributed by atoms with van der Waals surface area (Å²) in [5, 5.41) is 13.5. The Kier molecular flexibility index (Phi) is 7.70. The smallest absolute Gasteiger partial charge is 0.199 e. The molecular formula is C38H34N8O2. The van der Waals surface area contributed by atoms with Gasteiger partial charge in [0.2, 0.25) is 0 Å². The van der Waals surface area contributed by atoms with E-state index in [1.54, 1.807) is 19.5 Å². The summed E-state index contributed by atoms with van der Waals surface area (Å²) in [6, 6.07) is 20.1. The van der Waals surface area contributed by atoms with Gasteiger partial charge in [0.1, 0.15) is 24.5 Å². The highest BCUT2D eigenvalue weighted by molar-refractivity contribution is 6.30. The lowest BCUT2D eigenvalue weighted by atomic mass is 10.0. The van der Waals surface area contributed by atoms with Gasteiger partial charge in [-0.2, -0.15) is 0 Å². The standard InChI is InChI=1S/C38H34N8O2/c1-46(20-8-16-42-38-34-32(26-10-4-6-12-30(26)44-38)24-14-18-40-22-28(24)36(34)47)19-7-15-41-37-33-31(25-9-3-5-11-29(25)43-37)23-13-17-39-21-27(23)35(33)45-48-2/h3-6,9-14,17-18,21-22H,7-8,15-16,19-20H2,1-2H3,(H,41,43)(H,42,44)/b45-35+. The fraction of sp³-hybridized carbons (Fsp3) is 0.211. The number of nitrogens with one attached hydrogen (secondary N) is 2. The Morgan fingerprint density at radius 3 is 1.85 bits per heavy atom. The van der Waals surface area contributed by atoms with Gasteiger partial charge in [0, 0.05) is 70.9 Å². The summed E-state index contributed by atoms with van der Waals surface area (Å²) in [6.45, 7) is 3.26. The van der Waals surface area contributed by atoms with Crippen molar-refractivity contribution in [1.29, 1.82) is 0 Å². The molecule has 4 heterocycles. The second kappa shape index (κ2) is 12.5. The highest BCUT2D eigenvalue weighted by atomic mass is 16.6. The molecule has 2 aliphatic rings. The fourth-order valence-corrected chi connectivity index (χ4v) is 6.96. The predicted octanol–water partition coefficient (Wildman–Crippen LogP) is 6.40. The van der Waals surface area contributed by atoms with Gasteiger partial charge in [0.05, 0.1) is 22.2 Å². The van der Waals surface area contributed by atoms with Crippen molar-refractivity contribution in [2.24, 2.45) is 5.16 Å². The first-order chi connectivity index (χ1) is 23.6. The number of oxime groups is 1. The van der Waals surface area contributed by atoms with Crippen molar-refractivity contribution in [3.8, 4) is 22.3 Å². The Balaban J connectivity index is 0.910. The lowest BCUT2D eigenvalue weighted by molar-refractivity contribution is 0.104. The Morgan fingerprint density at radius 2 is 1.23 bits per heavy atom. The van der Waals surface area contributed by atoms with Crippen molar-refractivity contribution in [3.05, 3.63) is 108 Å². The summed E-state index contributed by atoms with van der Waals surface area (Å²) in [7, 11) is 3.70. The first kappa shape index (κ1) is 29.6. The minimum Gasteiger partial charge on any atom is -0.399 e. The summed E-state index contributed by atoms with van der Waals surface area (Å²) < 4.78 is 0. The van der Waals surface area contributed by atoms with Gasteiger partial charge in [-0.15, -0.1) is 0 Å². The van der Waals surface area contributed by atoms with E-state index in [0.29, 0.717) is 23.5 Å². The fourth-order valence-electron chi connectivity index (χ4n) is 6.96. The molecule has 0 unspecified atom stereocenters. The minimum atomic E-state index is -0.0221. The van der Waals surface area contributed by atoms with Crippen molar-refractivity contribution in [2.45, 2.75) is 12.8 Å². The third-order valence-corrected chi connectivity index (χ3v) is 9.13. The second-order valence-corrected chi connectivity index (χ2v) is 12.1. The van der Waals surface area contributed by atoms with Crippen molar-refractivity contribution >= 4 is 44.9 Å². The number of anilines is 2. The number of rotatable bonds is 11. The Bertz CT molecular complexity index is 2250. The van der Waals surface area contributed by atoms with Crippen LogP contribution in [0.1, 0.15) is 39.9 Å². The third-order valence-electron chi connectivity index (χ3n) is 9.13. The highest BCUT2D eigenvalue weighted by Gasteiger charge is 2.33. The Labute approximate surface area is 277 Å². The molecule has 238 valence electrons. The molecule has 0 saturated heterocycles. The predicted molar refractivity (Wildman–Crippen MR) is 190 cm³/mol. The van der Waals surface area contributed by atoms with Crippen LogP contribution in [0.25, 0.3) is 44.1 Å². The van der Waals surface area contributed by atoms with Crippen LogP contribution in [0.5, 0.6) is 0 Å². The first-order valence-electron chi connectivity index (χ1n) is 16.2. The molecule has 0 bridgehead atoms. The summed E-state index contributed by atoms with van der Waals surface area (Å²) in [4.78, 5) is 39.4.